The Balaban J connectivity index is 1.95. The van der Waals surface area contributed by atoms with Crippen molar-refractivity contribution in [2.45, 2.75) is 33.1 Å². The smallest absolute Gasteiger partial charge is 0.347 e. The molecule has 2 atom stereocenters. The number of nitrogens with one attached hydrogen (secondary N) is 1. The molecule has 17 heavy (non-hydrogen) atoms. The molecule has 0 radical (unpaired) electrons. The molecular formula is C12H18N2O2S. The van der Waals surface area contributed by atoms with Crippen molar-refractivity contribution < 1.29 is 9.90 Å². The van der Waals surface area contributed by atoms with Crippen LogP contribution in [0.1, 0.15) is 41.6 Å². The van der Waals surface area contributed by atoms with Crippen LogP contribution < -0.4 is 5.32 Å². The normalized spacial score (nSPS) is 23.9. The van der Waals surface area contributed by atoms with E-state index in [0.717, 1.165) is 17.6 Å². The lowest BCUT2D eigenvalue weighted by Crippen LogP contribution is -2.16. The first kappa shape index (κ1) is 12.4. The fourth-order valence-corrected chi connectivity index (χ4v) is 3.23. The first-order valence-electron chi connectivity index (χ1n) is 6.02. The average Bonchev–Trinajstić information content (AvgIpc) is 2.82. The van der Waals surface area contributed by atoms with Gasteiger partial charge in [0, 0.05) is 6.54 Å². The second-order valence-corrected chi connectivity index (χ2v) is 5.79. The number of carboxylic acids is 1. The molecule has 0 amide bonds. The molecule has 1 saturated carbocycles. The summed E-state index contributed by atoms with van der Waals surface area (Å²) in [6, 6.07) is 0. The summed E-state index contributed by atoms with van der Waals surface area (Å²) in [5.74, 6) is 0.581. The number of hydrogen-bond donors (Lipinski definition) is 2. The predicted molar refractivity (Wildman–Crippen MR) is 68.8 cm³/mol. The predicted octanol–water partition coefficient (Wildman–Crippen LogP) is 3.00. The Kier molecular flexibility index (Phi) is 3.66. The third-order valence-corrected chi connectivity index (χ3v) is 4.65. The Bertz CT molecular complexity index is 417. The minimum Gasteiger partial charge on any atom is -0.477 e. The minimum atomic E-state index is -0.887. The van der Waals surface area contributed by atoms with Gasteiger partial charge in [0.05, 0.1) is 5.69 Å². The highest BCUT2D eigenvalue weighted by Crippen LogP contribution is 2.32. The minimum absolute atomic E-state index is 0.340. The number of carboxylic acid groups (broad SMARTS) is 1. The molecule has 1 aliphatic carbocycles. The van der Waals surface area contributed by atoms with Gasteiger partial charge in [0.2, 0.25) is 0 Å². The molecular weight excluding hydrogens is 236 g/mol. The van der Waals surface area contributed by atoms with Crippen molar-refractivity contribution in [3.05, 3.63) is 10.6 Å². The molecule has 1 fully saturated rings. The lowest BCUT2D eigenvalue weighted by molar-refractivity contribution is 0.0701. The molecule has 0 spiro atoms. The van der Waals surface area contributed by atoms with E-state index < -0.39 is 5.97 Å². The van der Waals surface area contributed by atoms with Gasteiger partial charge in [0.1, 0.15) is 4.88 Å². The Morgan fingerprint density at radius 3 is 2.88 bits per heavy atom. The van der Waals surface area contributed by atoms with Crippen LogP contribution in [0.5, 0.6) is 0 Å². The molecule has 4 nitrogen and oxygen atoms in total. The van der Waals surface area contributed by atoms with Gasteiger partial charge < -0.3 is 10.4 Å². The topological polar surface area (TPSA) is 62.2 Å². The van der Waals surface area contributed by atoms with Gasteiger partial charge in [-0.1, -0.05) is 31.1 Å². The zero-order valence-electron chi connectivity index (χ0n) is 10.2. The Morgan fingerprint density at radius 1 is 1.59 bits per heavy atom. The summed E-state index contributed by atoms with van der Waals surface area (Å²) in [6.07, 6.45) is 3.89. The Labute approximate surface area is 105 Å². The van der Waals surface area contributed by atoms with Crippen molar-refractivity contribution in [3.8, 4) is 0 Å². The summed E-state index contributed by atoms with van der Waals surface area (Å²) in [6.45, 7) is 4.94. The van der Waals surface area contributed by atoms with E-state index in [2.05, 4.69) is 17.2 Å². The van der Waals surface area contributed by atoms with Gasteiger partial charge >= 0.3 is 5.97 Å². The van der Waals surface area contributed by atoms with Crippen molar-refractivity contribution in [1.82, 2.24) is 4.98 Å². The van der Waals surface area contributed by atoms with Crippen LogP contribution in [0.25, 0.3) is 0 Å². The van der Waals surface area contributed by atoms with Crippen molar-refractivity contribution in [3.63, 3.8) is 0 Å². The number of aryl methyl sites for hydroxylation is 1. The largest absolute Gasteiger partial charge is 0.477 e. The van der Waals surface area contributed by atoms with Crippen LogP contribution in [0.3, 0.4) is 0 Å². The zero-order valence-corrected chi connectivity index (χ0v) is 11.0. The van der Waals surface area contributed by atoms with Gasteiger partial charge in [0.15, 0.2) is 5.13 Å². The van der Waals surface area contributed by atoms with E-state index >= 15 is 0 Å². The number of anilines is 1. The maximum Gasteiger partial charge on any atom is 0.347 e. The molecule has 94 valence electrons. The zero-order chi connectivity index (χ0) is 12.4. The van der Waals surface area contributed by atoms with E-state index in [9.17, 15) is 4.79 Å². The molecule has 1 aromatic rings. The van der Waals surface area contributed by atoms with E-state index in [1.807, 2.05) is 0 Å². The molecule has 1 aromatic heterocycles. The third kappa shape index (κ3) is 2.77. The Morgan fingerprint density at radius 2 is 2.35 bits per heavy atom. The Hall–Kier alpha value is -1.10. The molecule has 1 heterocycles. The third-order valence-electron chi connectivity index (χ3n) is 3.55. The van der Waals surface area contributed by atoms with Crippen LogP contribution in [0, 0.1) is 18.8 Å². The van der Waals surface area contributed by atoms with Crippen LogP contribution in [0.15, 0.2) is 0 Å². The van der Waals surface area contributed by atoms with Crippen LogP contribution >= 0.6 is 11.3 Å². The SMILES string of the molecule is Cc1nc(NCC2CCCC2C)sc1C(=O)O. The number of aromatic nitrogens is 1. The lowest BCUT2D eigenvalue weighted by atomic mass is 9.98. The summed E-state index contributed by atoms with van der Waals surface area (Å²) in [7, 11) is 0. The van der Waals surface area contributed by atoms with Crippen LogP contribution in [-0.2, 0) is 0 Å². The molecule has 1 aliphatic rings. The summed E-state index contributed by atoms with van der Waals surface area (Å²) in [4.78, 5) is 15.5. The van der Waals surface area contributed by atoms with Gasteiger partial charge in [0.25, 0.3) is 0 Å². The summed E-state index contributed by atoms with van der Waals surface area (Å²) in [5.41, 5.74) is 0.601. The van der Waals surface area contributed by atoms with Gasteiger partial charge in [-0.05, 0) is 25.2 Å². The van der Waals surface area contributed by atoms with Crippen LogP contribution in [0.2, 0.25) is 0 Å². The number of nitrogens with zero attached hydrogens (tertiary/aromatic N) is 1. The quantitative estimate of drug-likeness (QED) is 0.867. The lowest BCUT2D eigenvalue weighted by Gasteiger charge is -2.15. The standard InChI is InChI=1S/C12H18N2O2S/c1-7-4-3-5-9(7)6-13-12-14-8(2)10(17-12)11(15)16/h7,9H,3-6H2,1-2H3,(H,13,14)(H,15,16). The van der Waals surface area contributed by atoms with Gasteiger partial charge in [-0.15, -0.1) is 0 Å². The fraction of sp³-hybridized carbons (Fsp3) is 0.667. The molecule has 0 bridgehead atoms. The molecule has 0 aliphatic heterocycles. The number of aromatic carboxylic acids is 1. The van der Waals surface area contributed by atoms with Gasteiger partial charge in [-0.25, -0.2) is 9.78 Å². The number of hydrogen-bond acceptors (Lipinski definition) is 4. The first-order chi connectivity index (χ1) is 8.08. The maximum absolute atomic E-state index is 10.9. The van der Waals surface area contributed by atoms with Crippen molar-refractivity contribution in [2.24, 2.45) is 11.8 Å². The van der Waals surface area contributed by atoms with E-state index in [-0.39, 0.29) is 0 Å². The average molecular weight is 254 g/mol. The number of thiazole rings is 1. The van der Waals surface area contributed by atoms with E-state index in [0.29, 0.717) is 16.5 Å². The van der Waals surface area contributed by atoms with Gasteiger partial charge in [-0.3, -0.25) is 0 Å². The molecule has 5 heteroatoms. The highest BCUT2D eigenvalue weighted by atomic mass is 32.1. The molecule has 2 unspecified atom stereocenters. The molecule has 2 N–H and O–H groups in total. The fourth-order valence-electron chi connectivity index (χ4n) is 2.41. The summed E-state index contributed by atoms with van der Waals surface area (Å²) < 4.78 is 0. The maximum atomic E-state index is 10.9. The molecule has 0 saturated heterocycles. The van der Waals surface area contributed by atoms with Crippen LogP contribution in [0.4, 0.5) is 5.13 Å². The summed E-state index contributed by atoms with van der Waals surface area (Å²) >= 11 is 1.23. The van der Waals surface area contributed by atoms with Crippen molar-refractivity contribution in [2.75, 3.05) is 11.9 Å². The van der Waals surface area contributed by atoms with E-state index in [1.165, 1.54) is 30.6 Å². The monoisotopic (exact) mass is 254 g/mol. The first-order valence-corrected chi connectivity index (χ1v) is 6.84. The van der Waals surface area contributed by atoms with E-state index in [1.54, 1.807) is 6.92 Å². The van der Waals surface area contributed by atoms with E-state index in [4.69, 9.17) is 5.11 Å². The van der Waals surface area contributed by atoms with Crippen LogP contribution in [-0.4, -0.2) is 22.6 Å². The second kappa shape index (κ2) is 5.04. The number of rotatable bonds is 4. The highest BCUT2D eigenvalue weighted by Gasteiger charge is 2.23. The van der Waals surface area contributed by atoms with Crippen molar-refractivity contribution in [1.29, 1.82) is 0 Å². The molecule has 2 rings (SSSR count). The number of carbonyl (C=O) groups is 1. The highest BCUT2D eigenvalue weighted by molar-refractivity contribution is 7.17. The van der Waals surface area contributed by atoms with Crippen molar-refractivity contribution >= 4 is 22.4 Å². The second-order valence-electron chi connectivity index (χ2n) is 4.79. The molecule has 0 aromatic carbocycles. The summed E-state index contributed by atoms with van der Waals surface area (Å²) in [5, 5.41) is 13.0. The van der Waals surface area contributed by atoms with Gasteiger partial charge in [-0.2, -0.15) is 0 Å².